The Bertz CT molecular complexity index is 646. The van der Waals surface area contributed by atoms with Gasteiger partial charge in [0.1, 0.15) is 0 Å². The number of hydrogen-bond donors (Lipinski definition) is 0. The van der Waals surface area contributed by atoms with Gasteiger partial charge >= 0.3 is 5.97 Å². The SMILES string of the molecule is CN(CCC#N)C(=O)COC(=O)C=Cc1ccc([N+](=O)[O-])cc1. The highest BCUT2D eigenvalue weighted by Gasteiger charge is 2.10. The molecule has 0 saturated carbocycles. The van der Waals surface area contributed by atoms with Gasteiger partial charge in [-0.2, -0.15) is 5.26 Å². The summed E-state index contributed by atoms with van der Waals surface area (Å²) in [5.41, 5.74) is 0.542. The third-order valence-corrected chi connectivity index (χ3v) is 2.84. The van der Waals surface area contributed by atoms with Gasteiger partial charge in [0.05, 0.1) is 17.4 Å². The summed E-state index contributed by atoms with van der Waals surface area (Å²) in [4.78, 5) is 34.4. The summed E-state index contributed by atoms with van der Waals surface area (Å²) in [7, 11) is 1.51. The second-order valence-corrected chi connectivity index (χ2v) is 4.51. The highest BCUT2D eigenvalue weighted by Crippen LogP contribution is 2.12. The number of amides is 1. The van der Waals surface area contributed by atoms with E-state index in [4.69, 9.17) is 10.00 Å². The standard InChI is InChI=1S/C15H15N3O5/c1-17(10-2-9-16)14(19)11-23-15(20)8-5-12-3-6-13(7-4-12)18(21)22/h3-8H,2,10-11H2,1H3. The van der Waals surface area contributed by atoms with Crippen LogP contribution in [0.15, 0.2) is 30.3 Å². The van der Waals surface area contributed by atoms with E-state index in [9.17, 15) is 19.7 Å². The zero-order valence-electron chi connectivity index (χ0n) is 12.5. The topological polar surface area (TPSA) is 114 Å². The van der Waals surface area contributed by atoms with E-state index in [1.807, 2.05) is 6.07 Å². The second-order valence-electron chi connectivity index (χ2n) is 4.51. The number of esters is 1. The highest BCUT2D eigenvalue weighted by atomic mass is 16.6. The van der Waals surface area contributed by atoms with Gasteiger partial charge in [-0.05, 0) is 23.8 Å². The van der Waals surface area contributed by atoms with Gasteiger partial charge in [0, 0.05) is 31.8 Å². The second kappa shape index (κ2) is 8.94. The maximum Gasteiger partial charge on any atom is 0.331 e. The van der Waals surface area contributed by atoms with Crippen molar-refractivity contribution in [3.05, 3.63) is 46.0 Å². The Morgan fingerprint density at radius 2 is 2.04 bits per heavy atom. The summed E-state index contributed by atoms with van der Waals surface area (Å²) < 4.78 is 4.78. The van der Waals surface area contributed by atoms with E-state index in [1.54, 1.807) is 0 Å². The van der Waals surface area contributed by atoms with Crippen molar-refractivity contribution >= 4 is 23.6 Å². The number of nitrogens with zero attached hydrogens (tertiary/aromatic N) is 3. The quantitative estimate of drug-likeness (QED) is 0.326. The number of carbonyl (C=O) groups is 2. The van der Waals surface area contributed by atoms with Crippen LogP contribution in [0, 0.1) is 21.4 Å². The summed E-state index contributed by atoms with van der Waals surface area (Å²) in [5.74, 6) is -1.11. The van der Waals surface area contributed by atoms with Crippen LogP contribution in [0.3, 0.4) is 0 Å². The van der Waals surface area contributed by atoms with Crippen molar-refractivity contribution in [3.63, 3.8) is 0 Å². The van der Waals surface area contributed by atoms with Gasteiger partial charge in [0.15, 0.2) is 6.61 Å². The van der Waals surface area contributed by atoms with Crippen LogP contribution in [-0.2, 0) is 14.3 Å². The number of nitriles is 1. The van der Waals surface area contributed by atoms with Gasteiger partial charge in [0.25, 0.3) is 11.6 Å². The Hall–Kier alpha value is -3.21. The summed E-state index contributed by atoms with van der Waals surface area (Å²) in [6.07, 6.45) is 2.76. The molecule has 0 N–H and O–H groups in total. The number of benzene rings is 1. The molecule has 0 spiro atoms. The lowest BCUT2D eigenvalue weighted by molar-refractivity contribution is -0.384. The Morgan fingerprint density at radius 1 is 1.39 bits per heavy atom. The molecule has 0 aliphatic carbocycles. The molecule has 120 valence electrons. The van der Waals surface area contributed by atoms with E-state index < -0.39 is 23.4 Å². The Morgan fingerprint density at radius 3 is 2.61 bits per heavy atom. The molecule has 0 atom stereocenters. The number of nitro groups is 1. The van der Waals surface area contributed by atoms with Crippen molar-refractivity contribution in [3.8, 4) is 6.07 Å². The Kier molecular flexibility index (Phi) is 6.94. The maximum atomic E-state index is 11.6. The van der Waals surface area contributed by atoms with Crippen molar-refractivity contribution in [2.45, 2.75) is 6.42 Å². The lowest BCUT2D eigenvalue weighted by Crippen LogP contribution is -2.31. The van der Waals surface area contributed by atoms with Gasteiger partial charge in [-0.15, -0.1) is 0 Å². The maximum absolute atomic E-state index is 11.6. The zero-order chi connectivity index (χ0) is 17.2. The molecule has 0 aliphatic rings. The minimum atomic E-state index is -0.703. The van der Waals surface area contributed by atoms with Crippen molar-refractivity contribution in [2.75, 3.05) is 20.2 Å². The number of likely N-dealkylation sites (N-methyl/N-ethyl adjacent to an activating group) is 1. The predicted molar refractivity (Wildman–Crippen MR) is 81.0 cm³/mol. The Labute approximate surface area is 132 Å². The van der Waals surface area contributed by atoms with Crippen LogP contribution >= 0.6 is 0 Å². The summed E-state index contributed by atoms with van der Waals surface area (Å²) >= 11 is 0. The van der Waals surface area contributed by atoms with Gasteiger partial charge in [0.2, 0.25) is 0 Å². The van der Waals surface area contributed by atoms with E-state index in [0.29, 0.717) is 5.56 Å². The number of nitro benzene ring substituents is 1. The van der Waals surface area contributed by atoms with Crippen LogP contribution in [0.5, 0.6) is 0 Å². The molecule has 1 aromatic rings. The number of non-ortho nitro benzene ring substituents is 1. The van der Waals surface area contributed by atoms with Crippen LogP contribution in [0.2, 0.25) is 0 Å². The minimum absolute atomic E-state index is 0.0456. The van der Waals surface area contributed by atoms with Crippen LogP contribution in [0.4, 0.5) is 5.69 Å². The van der Waals surface area contributed by atoms with E-state index in [2.05, 4.69) is 0 Å². The molecule has 0 aromatic heterocycles. The lowest BCUT2D eigenvalue weighted by atomic mass is 10.2. The van der Waals surface area contributed by atoms with Crippen molar-refractivity contribution in [1.82, 2.24) is 4.90 Å². The first-order valence-electron chi connectivity index (χ1n) is 6.64. The molecule has 0 radical (unpaired) electrons. The molecular formula is C15H15N3O5. The number of carbonyl (C=O) groups excluding carboxylic acids is 2. The highest BCUT2D eigenvalue weighted by molar-refractivity contribution is 5.89. The fraction of sp³-hybridized carbons (Fsp3) is 0.267. The molecule has 1 amide bonds. The third kappa shape index (κ3) is 6.39. The van der Waals surface area contributed by atoms with E-state index >= 15 is 0 Å². The largest absolute Gasteiger partial charge is 0.452 e. The molecule has 1 rings (SSSR count). The molecule has 0 unspecified atom stereocenters. The third-order valence-electron chi connectivity index (χ3n) is 2.84. The molecule has 0 aliphatic heterocycles. The average molecular weight is 317 g/mol. The first kappa shape index (κ1) is 17.8. The number of ether oxygens (including phenoxy) is 1. The van der Waals surface area contributed by atoms with Crippen molar-refractivity contribution in [2.24, 2.45) is 0 Å². The average Bonchev–Trinajstić information content (AvgIpc) is 2.55. The number of hydrogen-bond acceptors (Lipinski definition) is 6. The molecule has 0 heterocycles. The molecule has 0 fully saturated rings. The van der Waals surface area contributed by atoms with E-state index in [1.165, 1.54) is 42.3 Å². The molecule has 0 saturated heterocycles. The predicted octanol–water partition coefficient (Wildman–Crippen LogP) is 1.52. The molecule has 23 heavy (non-hydrogen) atoms. The lowest BCUT2D eigenvalue weighted by Gasteiger charge is -2.14. The Balaban J connectivity index is 2.45. The van der Waals surface area contributed by atoms with Gasteiger partial charge in [-0.25, -0.2) is 4.79 Å². The van der Waals surface area contributed by atoms with Crippen LogP contribution < -0.4 is 0 Å². The molecular weight excluding hydrogens is 302 g/mol. The smallest absolute Gasteiger partial charge is 0.331 e. The molecule has 0 bridgehead atoms. The van der Waals surface area contributed by atoms with Crippen LogP contribution in [0.25, 0.3) is 6.08 Å². The summed E-state index contributed by atoms with van der Waals surface area (Å²) in [5, 5.41) is 18.9. The van der Waals surface area contributed by atoms with Gasteiger partial charge in [-0.1, -0.05) is 0 Å². The molecule has 8 heteroatoms. The fourth-order valence-electron chi connectivity index (χ4n) is 1.50. The van der Waals surface area contributed by atoms with Crippen molar-refractivity contribution in [1.29, 1.82) is 5.26 Å². The van der Waals surface area contributed by atoms with E-state index in [0.717, 1.165) is 6.08 Å². The monoisotopic (exact) mass is 317 g/mol. The fourth-order valence-corrected chi connectivity index (χ4v) is 1.50. The summed E-state index contributed by atoms with van der Waals surface area (Å²) in [6.45, 7) is -0.142. The summed E-state index contributed by atoms with van der Waals surface area (Å²) in [6, 6.07) is 7.53. The van der Waals surface area contributed by atoms with Crippen molar-refractivity contribution < 1.29 is 19.2 Å². The number of rotatable bonds is 7. The normalized spacial score (nSPS) is 10.1. The first-order valence-corrected chi connectivity index (χ1v) is 6.64. The van der Waals surface area contributed by atoms with Gasteiger partial charge < -0.3 is 9.64 Å². The van der Waals surface area contributed by atoms with Crippen LogP contribution in [-0.4, -0.2) is 41.9 Å². The molecule has 1 aromatic carbocycles. The first-order chi connectivity index (χ1) is 10.9. The minimum Gasteiger partial charge on any atom is -0.452 e. The molecule has 8 nitrogen and oxygen atoms in total. The zero-order valence-corrected chi connectivity index (χ0v) is 12.5. The van der Waals surface area contributed by atoms with Gasteiger partial charge in [-0.3, -0.25) is 14.9 Å². The van der Waals surface area contributed by atoms with Crippen LogP contribution in [0.1, 0.15) is 12.0 Å². The van der Waals surface area contributed by atoms with E-state index in [-0.39, 0.29) is 18.7 Å².